The number of benzene rings is 2. The second-order valence-corrected chi connectivity index (χ2v) is 9.76. The highest BCUT2D eigenvalue weighted by atomic mass is 35.5. The molecule has 0 unspecified atom stereocenters. The van der Waals surface area contributed by atoms with Gasteiger partial charge in [0.05, 0.1) is 27.7 Å². The Bertz CT molecular complexity index is 1270. The van der Waals surface area contributed by atoms with Gasteiger partial charge in [0.15, 0.2) is 0 Å². The number of amides is 1. The van der Waals surface area contributed by atoms with Crippen LogP contribution in [0.25, 0.3) is 11.3 Å². The summed E-state index contributed by atoms with van der Waals surface area (Å²) >= 11 is 12.2. The molecule has 0 bridgehead atoms. The molecule has 3 aromatic rings. The number of carbonyl (C=O) groups excluding carboxylic acids is 1. The van der Waals surface area contributed by atoms with Gasteiger partial charge in [0.1, 0.15) is 5.82 Å². The molecule has 0 saturated carbocycles. The number of hydrogen-bond acceptors (Lipinski definition) is 4. The number of anilines is 2. The smallest absolute Gasteiger partial charge is 0.257 e. The molecule has 6 nitrogen and oxygen atoms in total. The third-order valence-corrected chi connectivity index (χ3v) is 7.23. The summed E-state index contributed by atoms with van der Waals surface area (Å²) in [7, 11) is -3.55. The first kappa shape index (κ1) is 21.5. The minimum absolute atomic E-state index is 0.0302. The lowest BCUT2D eigenvalue weighted by Crippen LogP contribution is -2.26. The maximum atomic E-state index is 14.4. The molecule has 160 valence electrons. The molecule has 1 aromatic heterocycles. The number of sulfonamides is 1. The van der Waals surface area contributed by atoms with Crippen LogP contribution in [0, 0.1) is 5.82 Å². The van der Waals surface area contributed by atoms with Gasteiger partial charge in [-0.05, 0) is 48.9 Å². The monoisotopic (exact) mass is 479 g/mol. The lowest BCUT2D eigenvalue weighted by molar-refractivity contribution is 0.102. The van der Waals surface area contributed by atoms with Gasteiger partial charge >= 0.3 is 0 Å². The van der Waals surface area contributed by atoms with Gasteiger partial charge in [-0.15, -0.1) is 0 Å². The first-order chi connectivity index (χ1) is 14.7. The standard InChI is InChI=1S/C21H16Cl2FN3O3S/c22-14-8-13(19-4-1-2-5-25-19)9-15(10-14)26-21(28)17-11-16(12-18(24)20(17)23)27-6-3-7-31(27,29)30/h1-2,4-5,8-12H,3,6-7H2,(H,26,28). The third kappa shape index (κ3) is 4.51. The van der Waals surface area contributed by atoms with Gasteiger partial charge in [-0.2, -0.15) is 0 Å². The zero-order valence-corrected chi connectivity index (χ0v) is 18.3. The summed E-state index contributed by atoms with van der Waals surface area (Å²) in [5.74, 6) is -1.61. The number of carbonyl (C=O) groups is 1. The largest absolute Gasteiger partial charge is 0.322 e. The van der Waals surface area contributed by atoms with E-state index in [0.717, 1.165) is 10.4 Å². The van der Waals surface area contributed by atoms with Gasteiger partial charge < -0.3 is 5.32 Å². The van der Waals surface area contributed by atoms with Gasteiger partial charge in [-0.1, -0.05) is 29.3 Å². The van der Waals surface area contributed by atoms with Crippen molar-refractivity contribution in [2.45, 2.75) is 6.42 Å². The Morgan fingerprint density at radius 3 is 2.61 bits per heavy atom. The molecule has 1 amide bonds. The highest BCUT2D eigenvalue weighted by Gasteiger charge is 2.30. The number of nitrogens with one attached hydrogen (secondary N) is 1. The minimum Gasteiger partial charge on any atom is -0.322 e. The van der Waals surface area contributed by atoms with Crippen molar-refractivity contribution in [3.05, 3.63) is 76.2 Å². The van der Waals surface area contributed by atoms with Crippen LogP contribution in [0.1, 0.15) is 16.8 Å². The van der Waals surface area contributed by atoms with Gasteiger partial charge in [-0.25, -0.2) is 12.8 Å². The minimum atomic E-state index is -3.55. The van der Waals surface area contributed by atoms with E-state index in [1.807, 2.05) is 6.07 Å². The number of hydrogen-bond donors (Lipinski definition) is 1. The van der Waals surface area contributed by atoms with Gasteiger partial charge in [-0.3, -0.25) is 14.1 Å². The Kier molecular flexibility index (Phi) is 5.88. The zero-order valence-electron chi connectivity index (χ0n) is 16.0. The SMILES string of the molecule is O=C(Nc1cc(Cl)cc(-c2ccccn2)c1)c1cc(N2CCCS2(=O)=O)cc(F)c1Cl. The van der Waals surface area contributed by atoms with E-state index in [9.17, 15) is 17.6 Å². The van der Waals surface area contributed by atoms with E-state index in [0.29, 0.717) is 28.4 Å². The Balaban J connectivity index is 1.67. The highest BCUT2D eigenvalue weighted by molar-refractivity contribution is 7.93. The Morgan fingerprint density at radius 2 is 1.94 bits per heavy atom. The molecule has 4 rings (SSSR count). The van der Waals surface area contributed by atoms with E-state index in [1.54, 1.807) is 30.5 Å². The fourth-order valence-electron chi connectivity index (χ4n) is 3.36. The summed E-state index contributed by atoms with van der Waals surface area (Å²) in [5, 5.41) is 2.62. The average molecular weight is 480 g/mol. The normalized spacial score (nSPS) is 15.1. The van der Waals surface area contributed by atoms with Gasteiger partial charge in [0.2, 0.25) is 10.0 Å². The maximum absolute atomic E-state index is 14.4. The van der Waals surface area contributed by atoms with Crippen LogP contribution in [0.5, 0.6) is 0 Å². The van der Waals surface area contributed by atoms with Crippen LogP contribution in [0.15, 0.2) is 54.7 Å². The van der Waals surface area contributed by atoms with Crippen LogP contribution in [-0.4, -0.2) is 31.6 Å². The van der Waals surface area contributed by atoms with Crippen LogP contribution in [0.4, 0.5) is 15.8 Å². The Morgan fingerprint density at radius 1 is 1.13 bits per heavy atom. The lowest BCUT2D eigenvalue weighted by Gasteiger charge is -2.18. The Hall–Kier alpha value is -2.68. The van der Waals surface area contributed by atoms with Gasteiger partial charge in [0, 0.05) is 29.0 Å². The quantitative estimate of drug-likeness (QED) is 0.571. The molecule has 2 aromatic carbocycles. The van der Waals surface area contributed by atoms with Crippen LogP contribution in [-0.2, 0) is 10.0 Å². The summed E-state index contributed by atoms with van der Waals surface area (Å²) in [5.41, 5.74) is 1.57. The lowest BCUT2D eigenvalue weighted by atomic mass is 10.1. The fraction of sp³-hybridized carbons (Fsp3) is 0.143. The van der Waals surface area contributed by atoms with Crippen LogP contribution >= 0.6 is 23.2 Å². The van der Waals surface area contributed by atoms with Crippen molar-refractivity contribution in [1.82, 2.24) is 4.98 Å². The Labute approximate surface area is 188 Å². The summed E-state index contributed by atoms with van der Waals surface area (Å²) in [4.78, 5) is 17.1. The van der Waals surface area contributed by atoms with Crippen LogP contribution < -0.4 is 9.62 Å². The second-order valence-electron chi connectivity index (χ2n) is 6.93. The predicted octanol–water partition coefficient (Wildman–Crippen LogP) is 4.99. The molecule has 1 aliphatic rings. The summed E-state index contributed by atoms with van der Waals surface area (Å²) in [6.45, 7) is 0.214. The molecule has 31 heavy (non-hydrogen) atoms. The van der Waals surface area contributed by atoms with E-state index >= 15 is 0 Å². The van der Waals surface area contributed by atoms with E-state index in [4.69, 9.17) is 23.2 Å². The van der Waals surface area contributed by atoms with E-state index < -0.39 is 26.8 Å². The highest BCUT2D eigenvalue weighted by Crippen LogP contribution is 2.32. The van der Waals surface area contributed by atoms with Crippen molar-refractivity contribution in [1.29, 1.82) is 0 Å². The predicted molar refractivity (Wildman–Crippen MR) is 120 cm³/mol. The molecular weight excluding hydrogens is 464 g/mol. The van der Waals surface area contributed by atoms with Crippen molar-refractivity contribution in [2.24, 2.45) is 0 Å². The van der Waals surface area contributed by atoms with E-state index in [1.165, 1.54) is 12.1 Å². The van der Waals surface area contributed by atoms with Crippen LogP contribution in [0.2, 0.25) is 10.0 Å². The molecule has 0 spiro atoms. The number of halogens is 3. The molecule has 2 heterocycles. The number of nitrogens with zero attached hydrogens (tertiary/aromatic N) is 2. The van der Waals surface area contributed by atoms with Crippen molar-refractivity contribution in [3.8, 4) is 11.3 Å². The molecule has 1 fully saturated rings. The number of pyridine rings is 1. The number of aromatic nitrogens is 1. The molecule has 1 aliphatic heterocycles. The van der Waals surface area contributed by atoms with E-state index in [-0.39, 0.29) is 23.5 Å². The first-order valence-corrected chi connectivity index (χ1v) is 11.6. The van der Waals surface area contributed by atoms with Gasteiger partial charge in [0.25, 0.3) is 5.91 Å². The van der Waals surface area contributed by atoms with Crippen molar-refractivity contribution in [2.75, 3.05) is 21.9 Å². The molecular formula is C21H16Cl2FN3O3S. The molecule has 10 heteroatoms. The second kappa shape index (κ2) is 8.45. The first-order valence-electron chi connectivity index (χ1n) is 9.27. The maximum Gasteiger partial charge on any atom is 0.257 e. The topological polar surface area (TPSA) is 79.4 Å². The van der Waals surface area contributed by atoms with Crippen molar-refractivity contribution >= 4 is 50.5 Å². The average Bonchev–Trinajstić information content (AvgIpc) is 3.09. The molecule has 0 radical (unpaired) electrons. The van der Waals surface area contributed by atoms with Crippen molar-refractivity contribution < 1.29 is 17.6 Å². The summed E-state index contributed by atoms with van der Waals surface area (Å²) < 4.78 is 39.9. The zero-order chi connectivity index (χ0) is 22.2. The molecule has 0 atom stereocenters. The molecule has 1 saturated heterocycles. The fourth-order valence-corrected chi connectivity index (χ4v) is 5.33. The number of rotatable bonds is 4. The van der Waals surface area contributed by atoms with Crippen molar-refractivity contribution in [3.63, 3.8) is 0 Å². The third-order valence-electron chi connectivity index (χ3n) is 4.76. The van der Waals surface area contributed by atoms with E-state index in [2.05, 4.69) is 10.3 Å². The molecule has 1 N–H and O–H groups in total. The van der Waals surface area contributed by atoms with Crippen LogP contribution in [0.3, 0.4) is 0 Å². The summed E-state index contributed by atoms with van der Waals surface area (Å²) in [6.07, 6.45) is 2.06. The summed E-state index contributed by atoms with van der Waals surface area (Å²) in [6, 6.07) is 12.6. The molecule has 0 aliphatic carbocycles.